The first-order chi connectivity index (χ1) is 8.10. The van der Waals surface area contributed by atoms with Gasteiger partial charge in [0, 0.05) is 30.8 Å². The first-order valence-corrected chi connectivity index (χ1v) is 7.28. The van der Waals surface area contributed by atoms with Gasteiger partial charge in [-0.25, -0.2) is 9.97 Å². The minimum absolute atomic E-state index is 0.337. The van der Waals surface area contributed by atoms with Crippen molar-refractivity contribution >= 4 is 23.4 Å². The van der Waals surface area contributed by atoms with Gasteiger partial charge < -0.3 is 10.6 Å². The Balaban J connectivity index is 2.96. The van der Waals surface area contributed by atoms with Crippen LogP contribution in [-0.4, -0.2) is 35.6 Å². The number of hydrogen-bond donors (Lipinski definition) is 2. The summed E-state index contributed by atoms with van der Waals surface area (Å²) in [4.78, 5) is 9.09. The molecule has 1 rings (SSSR count). The Morgan fingerprint density at radius 1 is 1.24 bits per heavy atom. The number of anilines is 2. The van der Waals surface area contributed by atoms with E-state index in [1.807, 2.05) is 25.7 Å². The van der Waals surface area contributed by atoms with Gasteiger partial charge in [-0.15, -0.1) is 0 Å². The van der Waals surface area contributed by atoms with E-state index in [0.717, 1.165) is 35.3 Å². The zero-order valence-corrected chi connectivity index (χ0v) is 12.1. The maximum Gasteiger partial charge on any atom is 0.135 e. The van der Waals surface area contributed by atoms with Gasteiger partial charge in [-0.1, -0.05) is 13.8 Å². The highest BCUT2D eigenvalue weighted by Gasteiger charge is 2.11. The summed E-state index contributed by atoms with van der Waals surface area (Å²) in [5.41, 5.74) is 1.08. The third-order valence-electron chi connectivity index (χ3n) is 2.51. The van der Waals surface area contributed by atoms with Crippen LogP contribution in [0.1, 0.15) is 31.2 Å². The average Bonchev–Trinajstić information content (AvgIpc) is 2.31. The lowest BCUT2D eigenvalue weighted by Gasteiger charge is -2.14. The predicted molar refractivity (Wildman–Crippen MR) is 77.3 cm³/mol. The van der Waals surface area contributed by atoms with Crippen LogP contribution >= 0.6 is 11.8 Å². The minimum atomic E-state index is 0.337. The molecule has 0 aliphatic heterocycles. The molecule has 0 atom stereocenters. The highest BCUT2D eigenvalue weighted by molar-refractivity contribution is 7.98. The van der Waals surface area contributed by atoms with Crippen molar-refractivity contribution < 1.29 is 0 Å². The summed E-state index contributed by atoms with van der Waals surface area (Å²) in [6, 6.07) is 0. The number of nitrogens with zero attached hydrogens (tertiary/aromatic N) is 2. The molecule has 0 aromatic carbocycles. The minimum Gasteiger partial charge on any atom is -0.373 e. The van der Waals surface area contributed by atoms with Gasteiger partial charge in [0.1, 0.15) is 17.5 Å². The fourth-order valence-corrected chi connectivity index (χ4v) is 1.79. The highest BCUT2D eigenvalue weighted by Crippen LogP contribution is 2.22. The second-order valence-electron chi connectivity index (χ2n) is 4.23. The number of aromatic nitrogens is 2. The third kappa shape index (κ3) is 3.77. The topological polar surface area (TPSA) is 49.8 Å². The van der Waals surface area contributed by atoms with Gasteiger partial charge in [0.15, 0.2) is 0 Å². The fraction of sp³-hybridized carbons (Fsp3) is 0.667. The molecule has 0 amide bonds. The van der Waals surface area contributed by atoms with Crippen LogP contribution in [0.15, 0.2) is 0 Å². The van der Waals surface area contributed by atoms with Gasteiger partial charge in [0.2, 0.25) is 0 Å². The normalized spacial score (nSPS) is 10.7. The Labute approximate surface area is 108 Å². The van der Waals surface area contributed by atoms with Crippen LogP contribution in [0, 0.1) is 6.92 Å². The summed E-state index contributed by atoms with van der Waals surface area (Å²) in [6.45, 7) is 7.18. The van der Waals surface area contributed by atoms with Crippen LogP contribution < -0.4 is 10.6 Å². The molecule has 1 heterocycles. The molecule has 0 aliphatic rings. The first-order valence-electron chi connectivity index (χ1n) is 5.89. The van der Waals surface area contributed by atoms with Gasteiger partial charge in [-0.2, -0.15) is 11.8 Å². The Kier molecular flexibility index (Phi) is 5.55. The van der Waals surface area contributed by atoms with E-state index >= 15 is 0 Å². The smallest absolute Gasteiger partial charge is 0.135 e. The molecule has 0 fully saturated rings. The van der Waals surface area contributed by atoms with E-state index < -0.39 is 0 Å². The molecule has 4 nitrogen and oxygen atoms in total. The van der Waals surface area contributed by atoms with E-state index in [2.05, 4.69) is 40.7 Å². The van der Waals surface area contributed by atoms with Gasteiger partial charge in [-0.05, 0) is 13.2 Å². The highest BCUT2D eigenvalue weighted by atomic mass is 32.2. The van der Waals surface area contributed by atoms with E-state index in [-0.39, 0.29) is 0 Å². The molecular weight excluding hydrogens is 232 g/mol. The van der Waals surface area contributed by atoms with Crippen molar-refractivity contribution in [2.24, 2.45) is 0 Å². The Bertz CT molecular complexity index is 366. The standard InChI is InChI=1S/C12H22N4S/c1-8(2)10-15-11(13-4)9(3)12(16-10)14-6-7-17-5/h8H,6-7H2,1-5H3,(H2,13,14,15,16). The number of hydrogen-bond acceptors (Lipinski definition) is 5. The van der Waals surface area contributed by atoms with Gasteiger partial charge in [0.05, 0.1) is 0 Å². The Morgan fingerprint density at radius 3 is 2.41 bits per heavy atom. The molecule has 0 bridgehead atoms. The zero-order valence-electron chi connectivity index (χ0n) is 11.3. The second-order valence-corrected chi connectivity index (χ2v) is 5.21. The van der Waals surface area contributed by atoms with Crippen LogP contribution in [-0.2, 0) is 0 Å². The lowest BCUT2D eigenvalue weighted by Crippen LogP contribution is -2.12. The number of nitrogens with one attached hydrogen (secondary N) is 2. The SMILES string of the molecule is CNc1nc(C(C)C)nc(NCCSC)c1C. The zero-order chi connectivity index (χ0) is 12.8. The average molecular weight is 254 g/mol. The summed E-state index contributed by atoms with van der Waals surface area (Å²) in [5.74, 6) is 4.16. The quantitative estimate of drug-likeness (QED) is 0.764. The van der Waals surface area contributed by atoms with E-state index in [1.54, 1.807) is 0 Å². The van der Waals surface area contributed by atoms with E-state index in [0.29, 0.717) is 5.92 Å². The first kappa shape index (κ1) is 14.1. The fourth-order valence-electron chi connectivity index (χ4n) is 1.48. The van der Waals surface area contributed by atoms with Crippen LogP contribution in [0.25, 0.3) is 0 Å². The van der Waals surface area contributed by atoms with E-state index in [9.17, 15) is 0 Å². The summed E-state index contributed by atoms with van der Waals surface area (Å²) >= 11 is 1.83. The monoisotopic (exact) mass is 254 g/mol. The maximum atomic E-state index is 4.58. The Hall–Kier alpha value is -0.970. The van der Waals surface area contributed by atoms with E-state index in [4.69, 9.17) is 0 Å². The molecule has 1 aromatic heterocycles. The second kappa shape index (κ2) is 6.69. The van der Waals surface area contributed by atoms with Crippen molar-refractivity contribution in [2.45, 2.75) is 26.7 Å². The molecule has 0 unspecified atom stereocenters. The summed E-state index contributed by atoms with van der Waals surface area (Å²) < 4.78 is 0. The van der Waals surface area contributed by atoms with Crippen molar-refractivity contribution in [2.75, 3.05) is 36.2 Å². The number of thioether (sulfide) groups is 1. The van der Waals surface area contributed by atoms with Crippen molar-refractivity contribution in [3.8, 4) is 0 Å². The molecule has 0 radical (unpaired) electrons. The maximum absolute atomic E-state index is 4.58. The van der Waals surface area contributed by atoms with Crippen LogP contribution in [0.4, 0.5) is 11.6 Å². The molecular formula is C12H22N4S. The molecule has 0 spiro atoms. The van der Waals surface area contributed by atoms with Gasteiger partial charge in [0.25, 0.3) is 0 Å². The third-order valence-corrected chi connectivity index (χ3v) is 3.13. The lowest BCUT2D eigenvalue weighted by atomic mass is 10.2. The lowest BCUT2D eigenvalue weighted by molar-refractivity contribution is 0.774. The van der Waals surface area contributed by atoms with E-state index in [1.165, 1.54) is 0 Å². The molecule has 0 aliphatic carbocycles. The molecule has 2 N–H and O–H groups in total. The largest absolute Gasteiger partial charge is 0.373 e. The van der Waals surface area contributed by atoms with Gasteiger partial charge in [-0.3, -0.25) is 0 Å². The van der Waals surface area contributed by atoms with Crippen molar-refractivity contribution in [3.63, 3.8) is 0 Å². The predicted octanol–water partition coefficient (Wildman–Crippen LogP) is 2.73. The summed E-state index contributed by atoms with van der Waals surface area (Å²) in [6.07, 6.45) is 2.10. The summed E-state index contributed by atoms with van der Waals surface area (Å²) in [5, 5.41) is 6.50. The van der Waals surface area contributed by atoms with Crippen LogP contribution in [0.5, 0.6) is 0 Å². The summed E-state index contributed by atoms with van der Waals surface area (Å²) in [7, 11) is 1.89. The molecule has 5 heteroatoms. The molecule has 17 heavy (non-hydrogen) atoms. The van der Waals surface area contributed by atoms with Crippen LogP contribution in [0.2, 0.25) is 0 Å². The molecule has 0 saturated heterocycles. The molecule has 0 saturated carbocycles. The van der Waals surface area contributed by atoms with Crippen molar-refractivity contribution in [1.29, 1.82) is 0 Å². The Morgan fingerprint density at radius 2 is 1.88 bits per heavy atom. The molecule has 96 valence electrons. The van der Waals surface area contributed by atoms with Crippen LogP contribution in [0.3, 0.4) is 0 Å². The van der Waals surface area contributed by atoms with Crippen molar-refractivity contribution in [1.82, 2.24) is 9.97 Å². The number of rotatable bonds is 6. The van der Waals surface area contributed by atoms with Gasteiger partial charge >= 0.3 is 0 Å². The van der Waals surface area contributed by atoms with Crippen molar-refractivity contribution in [3.05, 3.63) is 11.4 Å². The molecule has 1 aromatic rings.